The largest absolute Gasteiger partial charge is 0.463 e. The molecule has 2 unspecified atom stereocenters. The van der Waals surface area contributed by atoms with Gasteiger partial charge in [-0.15, -0.1) is 8.93 Å². The Morgan fingerprint density at radius 3 is 3.00 bits per heavy atom. The molecule has 0 saturated heterocycles. The summed E-state index contributed by atoms with van der Waals surface area (Å²) in [4.78, 5) is 10.3. The van der Waals surface area contributed by atoms with Crippen molar-refractivity contribution >= 4 is 22.9 Å². The van der Waals surface area contributed by atoms with Crippen LogP contribution in [0.4, 0.5) is 4.79 Å². The Labute approximate surface area is 48.2 Å². The van der Waals surface area contributed by atoms with E-state index in [0.29, 0.717) is 6.61 Å². The number of hydrogen-bond donors (Lipinski definition) is 0. The molecule has 0 aliphatic rings. The van der Waals surface area contributed by atoms with E-state index in [4.69, 9.17) is 1.28 Å². The van der Waals surface area contributed by atoms with E-state index in [1.54, 1.807) is 6.92 Å². The van der Waals surface area contributed by atoms with E-state index in [1.165, 1.54) is 0 Å². The molecule has 42 valence electrons. The van der Waals surface area contributed by atoms with Gasteiger partial charge in [0.15, 0.2) is 0 Å². The molecule has 0 spiro atoms. The summed E-state index contributed by atoms with van der Waals surface area (Å²) in [5, 5.41) is 0. The first-order chi connectivity index (χ1) is 3.68. The van der Waals surface area contributed by atoms with Crippen LogP contribution in [0.25, 0.3) is 0 Å². The standard InChI is InChI=1S/C3H8O2P2/c1-2-5-3(4)7-6/h7H,2,6H2,1H3/i7D. The van der Waals surface area contributed by atoms with Crippen LogP contribution in [0.3, 0.4) is 0 Å². The molecule has 4 heteroatoms. The molecule has 0 fully saturated rings. The van der Waals surface area contributed by atoms with E-state index in [1.807, 2.05) is 0 Å². The van der Waals surface area contributed by atoms with Crippen LogP contribution in [0, 0.1) is 0 Å². The highest BCUT2D eigenvalue weighted by molar-refractivity contribution is 8.11. The van der Waals surface area contributed by atoms with Gasteiger partial charge in [-0.25, -0.2) is 4.79 Å². The van der Waals surface area contributed by atoms with Gasteiger partial charge in [0, 0.05) is 8.21 Å². The van der Waals surface area contributed by atoms with E-state index < -0.39 is 13.9 Å². The van der Waals surface area contributed by atoms with Gasteiger partial charge in [-0.05, 0) is 6.92 Å². The molecule has 0 aromatic carbocycles. The summed E-state index contributed by atoms with van der Waals surface area (Å²) >= 11 is 0. The summed E-state index contributed by atoms with van der Waals surface area (Å²) in [6.45, 7) is 2.09. The number of carbonyl (C=O) groups is 1. The fraction of sp³-hybridized carbons (Fsp3) is 0.667. The van der Waals surface area contributed by atoms with Crippen LogP contribution in [-0.2, 0) is 4.74 Å². The summed E-state index contributed by atoms with van der Waals surface area (Å²) in [6.07, 6.45) is 0. The summed E-state index contributed by atoms with van der Waals surface area (Å²) in [7, 11) is 0.742. The summed E-state index contributed by atoms with van der Waals surface area (Å²) in [6, 6.07) is 0. The van der Waals surface area contributed by atoms with Crippen molar-refractivity contribution in [3.8, 4) is 0 Å². The Balaban J connectivity index is 3.33. The van der Waals surface area contributed by atoms with E-state index in [0.717, 1.165) is 0 Å². The van der Waals surface area contributed by atoms with Crippen LogP contribution >= 0.6 is 17.1 Å². The predicted octanol–water partition coefficient (Wildman–Crippen LogP) is 1.61. The van der Waals surface area contributed by atoms with Gasteiger partial charge in [0.05, 0.1) is 7.89 Å². The third-order valence-corrected chi connectivity index (χ3v) is 1.35. The lowest BCUT2D eigenvalue weighted by molar-refractivity contribution is 0.181. The van der Waals surface area contributed by atoms with E-state index in [-0.39, 0.29) is 0 Å². The highest BCUT2D eigenvalue weighted by Gasteiger charge is 1.91. The van der Waals surface area contributed by atoms with Crippen molar-refractivity contribution in [1.29, 1.82) is 1.28 Å². The predicted molar refractivity (Wildman–Crippen MR) is 35.0 cm³/mol. The lowest BCUT2D eigenvalue weighted by Crippen LogP contribution is -1.90. The van der Waals surface area contributed by atoms with Crippen LogP contribution in [-0.4, -0.2) is 13.6 Å². The van der Waals surface area contributed by atoms with Gasteiger partial charge in [0.25, 0.3) is 0 Å². The van der Waals surface area contributed by atoms with Crippen molar-refractivity contribution in [2.75, 3.05) is 6.61 Å². The van der Waals surface area contributed by atoms with Gasteiger partial charge in [0.1, 0.15) is 0 Å². The normalized spacial score (nSPS) is 14.9. The van der Waals surface area contributed by atoms with Gasteiger partial charge < -0.3 is 4.74 Å². The molecule has 0 aromatic rings. The quantitative estimate of drug-likeness (QED) is 0.543. The zero-order valence-electron chi connectivity index (χ0n) is 5.05. The van der Waals surface area contributed by atoms with E-state index >= 15 is 0 Å². The SMILES string of the molecule is [2H]P(P)C(=O)OCC. The first-order valence-electron chi connectivity index (χ1n) is 2.33. The second-order valence-corrected chi connectivity index (χ2v) is 2.23. The minimum Gasteiger partial charge on any atom is -0.463 e. The number of hydrogen-bond acceptors (Lipinski definition) is 2. The highest BCUT2D eigenvalue weighted by Crippen LogP contribution is 2.21. The fourth-order valence-corrected chi connectivity index (χ4v) is 0.588. The third-order valence-electron chi connectivity index (χ3n) is 0.373. The number of carbonyl (C=O) groups excluding carboxylic acids is 1. The van der Waals surface area contributed by atoms with Crippen molar-refractivity contribution in [3.63, 3.8) is 0 Å². The van der Waals surface area contributed by atoms with Crippen LogP contribution < -0.4 is 0 Å². The molecule has 0 heterocycles. The van der Waals surface area contributed by atoms with Crippen molar-refractivity contribution in [1.82, 2.24) is 0 Å². The Morgan fingerprint density at radius 2 is 2.86 bits per heavy atom. The Hall–Kier alpha value is 0.330. The average molecular weight is 139 g/mol. The topological polar surface area (TPSA) is 26.3 Å². The zero-order valence-corrected chi connectivity index (χ0v) is 6.10. The molecule has 0 aliphatic heterocycles. The molecule has 7 heavy (non-hydrogen) atoms. The lowest BCUT2D eigenvalue weighted by atomic mass is 10.9. The molecule has 0 aliphatic carbocycles. The minimum atomic E-state index is -1.36. The first-order valence-corrected chi connectivity index (χ1v) is 4.40. The Bertz CT molecular complexity index is 85.4. The van der Waals surface area contributed by atoms with Crippen molar-refractivity contribution in [3.05, 3.63) is 0 Å². The first kappa shape index (κ1) is 5.47. The van der Waals surface area contributed by atoms with Gasteiger partial charge in [0.2, 0.25) is 0 Å². The zero-order chi connectivity index (χ0) is 6.57. The van der Waals surface area contributed by atoms with Gasteiger partial charge in [-0.3, -0.25) is 0 Å². The van der Waals surface area contributed by atoms with Gasteiger partial charge in [-0.1, -0.05) is 0 Å². The monoisotopic (exact) mass is 139 g/mol. The molecule has 0 rings (SSSR count). The Morgan fingerprint density at radius 1 is 2.29 bits per heavy atom. The molecule has 0 N–H and O–H groups in total. The summed E-state index contributed by atoms with van der Waals surface area (Å²) < 4.78 is 11.3. The fourth-order valence-electron chi connectivity index (χ4n) is 0.161. The maximum Gasteiger partial charge on any atom is 0.326 e. The molecule has 0 saturated carbocycles. The van der Waals surface area contributed by atoms with Crippen molar-refractivity contribution in [2.45, 2.75) is 6.92 Å². The highest BCUT2D eigenvalue weighted by atomic mass is 32.0. The molecule has 2 nitrogen and oxygen atoms in total. The minimum absolute atomic E-state index is 0.366. The summed E-state index contributed by atoms with van der Waals surface area (Å²) in [5.74, 6) is 0. The van der Waals surface area contributed by atoms with Crippen molar-refractivity contribution < 1.29 is 9.53 Å². The van der Waals surface area contributed by atoms with Crippen LogP contribution in [0.1, 0.15) is 6.92 Å². The molecule has 0 radical (unpaired) electrons. The molecular formula is C3H8O2P2. The van der Waals surface area contributed by atoms with Gasteiger partial charge in [-0.2, -0.15) is 0 Å². The molecule has 2 atom stereocenters. The van der Waals surface area contributed by atoms with Crippen LogP contribution in [0.15, 0.2) is 0 Å². The van der Waals surface area contributed by atoms with Crippen molar-refractivity contribution in [2.24, 2.45) is 0 Å². The average Bonchev–Trinajstić information content (AvgIpc) is 1.67. The number of ether oxygens (including phenoxy) is 1. The maximum atomic E-state index is 10.3. The van der Waals surface area contributed by atoms with Gasteiger partial charge >= 0.3 is 5.71 Å². The second-order valence-electron chi connectivity index (χ2n) is 0.828. The van der Waals surface area contributed by atoms with Crippen LogP contribution in [0.2, 0.25) is 0 Å². The summed E-state index contributed by atoms with van der Waals surface area (Å²) in [5.41, 5.74) is -0.424. The third kappa shape index (κ3) is 4.18. The lowest BCUT2D eigenvalue weighted by Gasteiger charge is -1.93. The molecular weight excluding hydrogens is 130 g/mol. The smallest absolute Gasteiger partial charge is 0.326 e. The number of rotatable bonds is 2. The maximum absolute atomic E-state index is 10.3. The Kier molecular flexibility index (Phi) is 3.50. The second kappa shape index (κ2) is 4.49. The van der Waals surface area contributed by atoms with E-state index in [9.17, 15) is 4.79 Å². The molecule has 0 bridgehead atoms. The van der Waals surface area contributed by atoms with Crippen LogP contribution in [0.5, 0.6) is 0 Å². The molecule has 0 aromatic heterocycles. The molecule has 0 amide bonds. The van der Waals surface area contributed by atoms with E-state index in [2.05, 4.69) is 13.7 Å².